The zero-order valence-corrected chi connectivity index (χ0v) is 12.1. The fraction of sp³-hybridized carbons (Fsp3) is 0.667. The van der Waals surface area contributed by atoms with Gasteiger partial charge in [0.2, 0.25) is 0 Å². The molecule has 0 spiro atoms. The molecule has 0 bridgehead atoms. The second kappa shape index (κ2) is 6.76. The number of hydrogen-bond donors (Lipinski definition) is 1. The maximum absolute atomic E-state index is 12.6. The van der Waals surface area contributed by atoms with E-state index in [9.17, 15) is 9.59 Å². The van der Waals surface area contributed by atoms with Gasteiger partial charge in [0.25, 0.3) is 5.91 Å². The molecule has 1 fully saturated rings. The third-order valence-corrected chi connectivity index (χ3v) is 3.89. The SMILES string of the molecule is CCCc1nnsc1C(=O)N1CCOCC1CC(=O)O. The summed E-state index contributed by atoms with van der Waals surface area (Å²) in [6.07, 6.45) is 1.47. The molecule has 0 saturated carbocycles. The molecule has 1 N–H and O–H groups in total. The summed E-state index contributed by atoms with van der Waals surface area (Å²) in [4.78, 5) is 25.5. The standard InChI is InChI=1S/C12H17N3O4S/c1-2-3-9-11(20-14-13-9)12(18)15-4-5-19-7-8(15)6-10(16)17/h8H,2-7H2,1H3,(H,16,17). The number of aromatic nitrogens is 2. The van der Waals surface area contributed by atoms with Crippen molar-refractivity contribution < 1.29 is 19.4 Å². The minimum Gasteiger partial charge on any atom is -0.481 e. The molecule has 1 aromatic heterocycles. The van der Waals surface area contributed by atoms with Crippen LogP contribution in [0.1, 0.15) is 35.1 Å². The van der Waals surface area contributed by atoms with E-state index >= 15 is 0 Å². The van der Waals surface area contributed by atoms with Crippen molar-refractivity contribution >= 4 is 23.4 Å². The van der Waals surface area contributed by atoms with Gasteiger partial charge in [-0.1, -0.05) is 17.8 Å². The van der Waals surface area contributed by atoms with Crippen LogP contribution in [0.5, 0.6) is 0 Å². The number of hydrogen-bond acceptors (Lipinski definition) is 6. The first-order valence-electron chi connectivity index (χ1n) is 6.55. The van der Waals surface area contributed by atoms with E-state index in [-0.39, 0.29) is 18.9 Å². The van der Waals surface area contributed by atoms with Crippen molar-refractivity contribution in [3.05, 3.63) is 10.6 Å². The van der Waals surface area contributed by atoms with Gasteiger partial charge in [0.05, 0.1) is 31.4 Å². The molecule has 7 nitrogen and oxygen atoms in total. The molecule has 0 aliphatic carbocycles. The highest BCUT2D eigenvalue weighted by Crippen LogP contribution is 2.20. The molecule has 1 aromatic rings. The van der Waals surface area contributed by atoms with E-state index in [0.29, 0.717) is 30.1 Å². The van der Waals surface area contributed by atoms with Gasteiger partial charge in [0.1, 0.15) is 4.88 Å². The Balaban J connectivity index is 2.16. The molecule has 2 heterocycles. The fourth-order valence-electron chi connectivity index (χ4n) is 2.19. The molecule has 1 saturated heterocycles. The lowest BCUT2D eigenvalue weighted by Gasteiger charge is -2.34. The summed E-state index contributed by atoms with van der Waals surface area (Å²) < 4.78 is 9.11. The van der Waals surface area contributed by atoms with E-state index in [4.69, 9.17) is 9.84 Å². The van der Waals surface area contributed by atoms with Crippen LogP contribution in [0.3, 0.4) is 0 Å². The Morgan fingerprint density at radius 1 is 1.55 bits per heavy atom. The van der Waals surface area contributed by atoms with Crippen LogP contribution >= 0.6 is 11.5 Å². The summed E-state index contributed by atoms with van der Waals surface area (Å²) in [6.45, 7) is 3.10. The van der Waals surface area contributed by atoms with Crippen LogP contribution in [-0.4, -0.2) is 57.3 Å². The van der Waals surface area contributed by atoms with E-state index in [1.54, 1.807) is 4.90 Å². The number of carbonyl (C=O) groups is 2. The lowest BCUT2D eigenvalue weighted by molar-refractivity contribution is -0.139. The van der Waals surface area contributed by atoms with Gasteiger partial charge in [-0.25, -0.2) is 0 Å². The smallest absolute Gasteiger partial charge is 0.305 e. The van der Waals surface area contributed by atoms with Gasteiger partial charge in [0.15, 0.2) is 0 Å². The zero-order chi connectivity index (χ0) is 14.5. The molecule has 0 aromatic carbocycles. The van der Waals surface area contributed by atoms with E-state index in [1.165, 1.54) is 0 Å². The number of carboxylic acid groups (broad SMARTS) is 1. The van der Waals surface area contributed by atoms with Crippen LogP contribution in [0.4, 0.5) is 0 Å². The van der Waals surface area contributed by atoms with Crippen molar-refractivity contribution in [3.63, 3.8) is 0 Å². The molecule has 20 heavy (non-hydrogen) atoms. The first-order valence-corrected chi connectivity index (χ1v) is 7.32. The quantitative estimate of drug-likeness (QED) is 0.864. The van der Waals surface area contributed by atoms with Gasteiger partial charge in [-0.15, -0.1) is 5.10 Å². The normalized spacial score (nSPS) is 19.1. The fourth-order valence-corrected chi connectivity index (χ4v) is 2.86. The topological polar surface area (TPSA) is 92.6 Å². The van der Waals surface area contributed by atoms with Crippen LogP contribution < -0.4 is 0 Å². The highest BCUT2D eigenvalue weighted by Gasteiger charge is 2.32. The molecule has 2 rings (SSSR count). The van der Waals surface area contributed by atoms with Crippen molar-refractivity contribution in [2.45, 2.75) is 32.2 Å². The molecular weight excluding hydrogens is 282 g/mol. The molecule has 1 aliphatic rings. The number of rotatable bonds is 5. The number of amides is 1. The molecular formula is C12H17N3O4S. The average Bonchev–Trinajstić information content (AvgIpc) is 2.86. The Morgan fingerprint density at radius 2 is 2.35 bits per heavy atom. The van der Waals surface area contributed by atoms with Crippen LogP contribution in [0.2, 0.25) is 0 Å². The molecule has 1 amide bonds. The first-order chi connectivity index (χ1) is 9.63. The summed E-state index contributed by atoms with van der Waals surface area (Å²) in [5.74, 6) is -1.12. The minimum absolute atomic E-state index is 0.110. The van der Waals surface area contributed by atoms with E-state index < -0.39 is 12.0 Å². The van der Waals surface area contributed by atoms with Gasteiger partial charge in [-0.3, -0.25) is 9.59 Å². The maximum Gasteiger partial charge on any atom is 0.305 e. The summed E-state index contributed by atoms with van der Waals surface area (Å²) in [7, 11) is 0. The summed E-state index contributed by atoms with van der Waals surface area (Å²) >= 11 is 1.07. The lowest BCUT2D eigenvalue weighted by Crippen LogP contribution is -2.49. The van der Waals surface area contributed by atoms with Gasteiger partial charge in [-0.2, -0.15) is 0 Å². The van der Waals surface area contributed by atoms with Gasteiger partial charge in [-0.05, 0) is 18.0 Å². The summed E-state index contributed by atoms with van der Waals surface area (Å²) in [5, 5.41) is 12.9. The molecule has 0 radical (unpaired) electrons. The molecule has 1 atom stereocenters. The largest absolute Gasteiger partial charge is 0.481 e. The molecule has 8 heteroatoms. The third kappa shape index (κ3) is 3.31. The Hall–Kier alpha value is -1.54. The lowest BCUT2D eigenvalue weighted by atomic mass is 10.1. The Morgan fingerprint density at radius 3 is 3.05 bits per heavy atom. The van der Waals surface area contributed by atoms with Crippen molar-refractivity contribution in [3.8, 4) is 0 Å². The zero-order valence-electron chi connectivity index (χ0n) is 11.2. The predicted molar refractivity (Wildman–Crippen MR) is 71.8 cm³/mol. The van der Waals surface area contributed by atoms with Crippen molar-refractivity contribution in [1.29, 1.82) is 0 Å². The van der Waals surface area contributed by atoms with Crippen molar-refractivity contribution in [2.24, 2.45) is 0 Å². The number of ether oxygens (including phenoxy) is 1. The van der Waals surface area contributed by atoms with Gasteiger partial charge in [0, 0.05) is 6.54 Å². The average molecular weight is 299 g/mol. The van der Waals surface area contributed by atoms with Gasteiger partial charge < -0.3 is 14.7 Å². The van der Waals surface area contributed by atoms with Crippen LogP contribution in [0.25, 0.3) is 0 Å². The van der Waals surface area contributed by atoms with E-state index in [2.05, 4.69) is 9.59 Å². The second-order valence-corrected chi connectivity index (χ2v) is 5.38. The van der Waals surface area contributed by atoms with Crippen LogP contribution in [0, 0.1) is 0 Å². The van der Waals surface area contributed by atoms with E-state index in [0.717, 1.165) is 18.0 Å². The minimum atomic E-state index is -0.936. The highest BCUT2D eigenvalue weighted by atomic mass is 32.1. The summed E-state index contributed by atoms with van der Waals surface area (Å²) in [5.41, 5.74) is 0.697. The number of carbonyl (C=O) groups excluding carboxylic acids is 1. The van der Waals surface area contributed by atoms with Crippen LogP contribution in [0.15, 0.2) is 0 Å². The highest BCUT2D eigenvalue weighted by molar-refractivity contribution is 7.08. The Bertz CT molecular complexity index is 491. The number of carboxylic acids is 1. The predicted octanol–water partition coefficient (Wildman–Crippen LogP) is 0.806. The third-order valence-electron chi connectivity index (χ3n) is 3.14. The van der Waals surface area contributed by atoms with Crippen molar-refractivity contribution in [2.75, 3.05) is 19.8 Å². The number of aryl methyl sites for hydroxylation is 1. The van der Waals surface area contributed by atoms with Gasteiger partial charge >= 0.3 is 5.97 Å². The number of aliphatic carboxylic acids is 1. The number of nitrogens with zero attached hydrogens (tertiary/aromatic N) is 3. The first kappa shape index (κ1) is 14.9. The van der Waals surface area contributed by atoms with E-state index in [1.807, 2.05) is 6.92 Å². The van der Waals surface area contributed by atoms with Crippen LogP contribution in [-0.2, 0) is 16.0 Å². The second-order valence-electron chi connectivity index (χ2n) is 4.62. The maximum atomic E-state index is 12.6. The molecule has 110 valence electrons. The monoisotopic (exact) mass is 299 g/mol. The summed E-state index contributed by atoms with van der Waals surface area (Å²) in [6, 6.07) is -0.426. The number of morpholine rings is 1. The molecule has 1 unspecified atom stereocenters. The Kier molecular flexibility index (Phi) is 5.02. The molecule has 1 aliphatic heterocycles. The van der Waals surface area contributed by atoms with Crippen molar-refractivity contribution in [1.82, 2.24) is 14.5 Å². The Labute approximate surface area is 120 Å².